The van der Waals surface area contributed by atoms with Gasteiger partial charge in [-0.1, -0.05) is 0 Å². The lowest BCUT2D eigenvalue weighted by Crippen LogP contribution is -2.49. The number of hydrogen-bond acceptors (Lipinski definition) is 6. The van der Waals surface area contributed by atoms with Gasteiger partial charge in [-0.25, -0.2) is 15.0 Å². The maximum atomic E-state index is 13.0. The summed E-state index contributed by atoms with van der Waals surface area (Å²) in [6.45, 7) is 5.26. The summed E-state index contributed by atoms with van der Waals surface area (Å²) in [6, 6.07) is 4.23. The summed E-state index contributed by atoms with van der Waals surface area (Å²) in [5, 5.41) is 0. The maximum absolute atomic E-state index is 13.0. The van der Waals surface area contributed by atoms with Crippen LogP contribution in [-0.4, -0.2) is 58.5 Å². The molecule has 1 saturated heterocycles. The molecule has 0 saturated carbocycles. The Morgan fingerprint density at radius 2 is 1.89 bits per heavy atom. The van der Waals surface area contributed by atoms with Crippen LogP contribution >= 0.6 is 0 Å². The minimum atomic E-state index is -4.53. The second-order valence-electron chi connectivity index (χ2n) is 6.25. The monoisotopic (exact) mass is 395 g/mol. The molecule has 3 heterocycles. The van der Waals surface area contributed by atoms with Gasteiger partial charge in [-0.3, -0.25) is 4.79 Å². The summed E-state index contributed by atoms with van der Waals surface area (Å²) in [4.78, 5) is 27.6. The predicted octanol–water partition coefficient (Wildman–Crippen LogP) is 2.56. The molecule has 0 N–H and O–H groups in total. The molecular formula is C18H20F3N5O2. The van der Waals surface area contributed by atoms with Crippen LogP contribution in [0.1, 0.15) is 28.8 Å². The minimum Gasteiger partial charge on any atom is -0.478 e. The summed E-state index contributed by atoms with van der Waals surface area (Å²) in [6.07, 6.45) is -3.07. The van der Waals surface area contributed by atoms with Crippen LogP contribution in [0.3, 0.4) is 0 Å². The quantitative estimate of drug-likeness (QED) is 0.793. The van der Waals surface area contributed by atoms with Gasteiger partial charge in [-0.05, 0) is 19.9 Å². The van der Waals surface area contributed by atoms with Gasteiger partial charge in [-0.2, -0.15) is 13.2 Å². The third-order valence-corrected chi connectivity index (χ3v) is 4.28. The number of carbonyl (C=O) groups excluding carboxylic acids is 1. The number of rotatable bonds is 4. The number of alkyl halides is 3. The maximum Gasteiger partial charge on any atom is 0.433 e. The zero-order valence-corrected chi connectivity index (χ0v) is 15.5. The first-order valence-corrected chi connectivity index (χ1v) is 8.84. The van der Waals surface area contributed by atoms with Crippen molar-refractivity contribution in [2.24, 2.45) is 0 Å². The van der Waals surface area contributed by atoms with E-state index in [1.165, 1.54) is 13.1 Å². The van der Waals surface area contributed by atoms with Gasteiger partial charge in [0.05, 0.1) is 12.2 Å². The Morgan fingerprint density at radius 3 is 2.46 bits per heavy atom. The molecule has 0 aliphatic carbocycles. The number of carbonyl (C=O) groups is 1. The van der Waals surface area contributed by atoms with Crippen LogP contribution in [0.15, 0.2) is 24.4 Å². The number of nitrogens with zero attached hydrogens (tertiary/aromatic N) is 5. The Hall–Kier alpha value is -2.91. The SMILES string of the molecule is CCOc1ccc(C(=O)N2CCN(c3cc(C(F)(F)F)nc(C)n3)CC2)cn1. The molecule has 1 amide bonds. The summed E-state index contributed by atoms with van der Waals surface area (Å²) in [7, 11) is 0. The predicted molar refractivity (Wildman–Crippen MR) is 95.3 cm³/mol. The number of hydrogen-bond donors (Lipinski definition) is 0. The van der Waals surface area contributed by atoms with E-state index in [2.05, 4.69) is 15.0 Å². The van der Waals surface area contributed by atoms with Crippen LogP contribution in [0.5, 0.6) is 5.88 Å². The van der Waals surface area contributed by atoms with Crippen molar-refractivity contribution in [2.45, 2.75) is 20.0 Å². The Balaban J connectivity index is 1.66. The van der Waals surface area contributed by atoms with E-state index in [1.807, 2.05) is 6.92 Å². The number of piperazine rings is 1. The number of aromatic nitrogens is 3. The molecule has 1 fully saturated rings. The van der Waals surface area contributed by atoms with Crippen LogP contribution in [0.25, 0.3) is 0 Å². The van der Waals surface area contributed by atoms with Crippen molar-refractivity contribution < 1.29 is 22.7 Å². The largest absolute Gasteiger partial charge is 0.478 e. The molecule has 0 radical (unpaired) electrons. The van der Waals surface area contributed by atoms with Gasteiger partial charge in [0.15, 0.2) is 0 Å². The van der Waals surface area contributed by atoms with Crippen molar-refractivity contribution in [3.05, 3.63) is 41.5 Å². The summed E-state index contributed by atoms with van der Waals surface area (Å²) >= 11 is 0. The molecule has 1 aliphatic heterocycles. The third kappa shape index (κ3) is 4.49. The normalized spacial score (nSPS) is 14.9. The first-order valence-electron chi connectivity index (χ1n) is 8.84. The first-order chi connectivity index (χ1) is 13.3. The van der Waals surface area contributed by atoms with Gasteiger partial charge in [0.25, 0.3) is 5.91 Å². The van der Waals surface area contributed by atoms with Crippen molar-refractivity contribution in [3.63, 3.8) is 0 Å². The van der Waals surface area contributed by atoms with Gasteiger partial charge in [0.2, 0.25) is 5.88 Å². The Bertz CT molecular complexity index is 834. The Labute approximate surface area is 160 Å². The van der Waals surface area contributed by atoms with E-state index in [0.29, 0.717) is 44.2 Å². The molecule has 0 atom stereocenters. The molecule has 150 valence electrons. The van der Waals surface area contributed by atoms with Crippen LogP contribution in [0.2, 0.25) is 0 Å². The molecule has 3 rings (SSSR count). The van der Waals surface area contributed by atoms with Crippen molar-refractivity contribution in [1.29, 1.82) is 0 Å². The van der Waals surface area contributed by atoms with E-state index in [1.54, 1.807) is 21.9 Å². The molecular weight excluding hydrogens is 375 g/mol. The molecule has 2 aromatic rings. The van der Waals surface area contributed by atoms with Gasteiger partial charge >= 0.3 is 6.18 Å². The smallest absolute Gasteiger partial charge is 0.433 e. The van der Waals surface area contributed by atoms with E-state index in [-0.39, 0.29) is 17.5 Å². The Morgan fingerprint density at radius 1 is 1.18 bits per heavy atom. The number of aryl methyl sites for hydroxylation is 1. The van der Waals surface area contributed by atoms with E-state index in [0.717, 1.165) is 6.07 Å². The fourth-order valence-corrected chi connectivity index (χ4v) is 2.92. The molecule has 7 nitrogen and oxygen atoms in total. The number of amides is 1. The van der Waals surface area contributed by atoms with E-state index in [4.69, 9.17) is 4.74 Å². The average molecular weight is 395 g/mol. The lowest BCUT2D eigenvalue weighted by molar-refractivity contribution is -0.141. The number of ether oxygens (including phenoxy) is 1. The lowest BCUT2D eigenvalue weighted by Gasteiger charge is -2.35. The van der Waals surface area contributed by atoms with Gasteiger partial charge in [-0.15, -0.1) is 0 Å². The summed E-state index contributed by atoms with van der Waals surface area (Å²) in [5.74, 6) is 0.548. The summed E-state index contributed by atoms with van der Waals surface area (Å²) in [5.41, 5.74) is -0.525. The molecule has 0 bridgehead atoms. The topological polar surface area (TPSA) is 71.5 Å². The molecule has 0 unspecified atom stereocenters. The average Bonchev–Trinajstić information content (AvgIpc) is 2.67. The van der Waals surface area contributed by atoms with Crippen molar-refractivity contribution in [2.75, 3.05) is 37.7 Å². The summed E-state index contributed by atoms with van der Waals surface area (Å²) < 4.78 is 44.2. The molecule has 0 aromatic carbocycles. The highest BCUT2D eigenvalue weighted by atomic mass is 19.4. The van der Waals surface area contributed by atoms with Crippen molar-refractivity contribution in [1.82, 2.24) is 19.9 Å². The molecule has 0 spiro atoms. The standard InChI is InChI=1S/C18H20F3N5O2/c1-3-28-16-5-4-13(11-22-16)17(27)26-8-6-25(7-9-26)15-10-14(18(19,20)21)23-12(2)24-15/h4-5,10-11H,3,6-9H2,1-2H3. The zero-order valence-electron chi connectivity index (χ0n) is 15.5. The first kappa shape index (κ1) is 19.8. The molecule has 28 heavy (non-hydrogen) atoms. The lowest BCUT2D eigenvalue weighted by atomic mass is 10.2. The van der Waals surface area contributed by atoms with Crippen molar-refractivity contribution in [3.8, 4) is 5.88 Å². The van der Waals surface area contributed by atoms with Gasteiger partial charge in [0.1, 0.15) is 17.3 Å². The highest BCUT2D eigenvalue weighted by Gasteiger charge is 2.34. The Kier molecular flexibility index (Phi) is 5.66. The van der Waals surface area contributed by atoms with Crippen LogP contribution in [0, 0.1) is 6.92 Å². The number of anilines is 1. The van der Waals surface area contributed by atoms with Gasteiger partial charge in [0, 0.05) is 44.5 Å². The molecule has 10 heteroatoms. The fourth-order valence-electron chi connectivity index (χ4n) is 2.92. The zero-order chi connectivity index (χ0) is 20.3. The third-order valence-electron chi connectivity index (χ3n) is 4.28. The van der Waals surface area contributed by atoms with Crippen molar-refractivity contribution >= 4 is 11.7 Å². The van der Waals surface area contributed by atoms with Gasteiger partial charge < -0.3 is 14.5 Å². The molecule has 1 aliphatic rings. The number of halogens is 3. The van der Waals surface area contributed by atoms with E-state index < -0.39 is 11.9 Å². The van der Waals surface area contributed by atoms with Crippen LogP contribution in [0.4, 0.5) is 19.0 Å². The van der Waals surface area contributed by atoms with E-state index in [9.17, 15) is 18.0 Å². The van der Waals surface area contributed by atoms with Crippen LogP contribution in [-0.2, 0) is 6.18 Å². The fraction of sp³-hybridized carbons (Fsp3) is 0.444. The van der Waals surface area contributed by atoms with E-state index >= 15 is 0 Å². The highest BCUT2D eigenvalue weighted by Crippen LogP contribution is 2.30. The minimum absolute atomic E-state index is 0.0591. The highest BCUT2D eigenvalue weighted by molar-refractivity contribution is 5.94. The second kappa shape index (κ2) is 7.99. The van der Waals surface area contributed by atoms with Crippen LogP contribution < -0.4 is 9.64 Å². The number of pyridine rings is 1. The molecule has 2 aromatic heterocycles. The second-order valence-corrected chi connectivity index (χ2v) is 6.25.